The summed E-state index contributed by atoms with van der Waals surface area (Å²) in [6.07, 6.45) is 3.57. The van der Waals surface area contributed by atoms with Gasteiger partial charge < -0.3 is 11.1 Å². The molecule has 16 heavy (non-hydrogen) atoms. The molecule has 2 aromatic heterocycles. The maximum absolute atomic E-state index is 5.50. The molecule has 0 amide bonds. The average Bonchev–Trinajstić information content (AvgIpc) is 2.64. The third-order valence-corrected chi connectivity index (χ3v) is 2.19. The van der Waals surface area contributed by atoms with Crippen molar-refractivity contribution in [2.75, 3.05) is 5.32 Å². The van der Waals surface area contributed by atoms with Crippen LogP contribution in [0.15, 0.2) is 30.6 Å². The van der Waals surface area contributed by atoms with Crippen molar-refractivity contribution < 1.29 is 0 Å². The summed E-state index contributed by atoms with van der Waals surface area (Å²) in [4.78, 5) is 4.55. The number of nitrogens with one attached hydrogen (secondary N) is 1. The summed E-state index contributed by atoms with van der Waals surface area (Å²) in [6.45, 7) is 0. The van der Waals surface area contributed by atoms with E-state index in [1.807, 2.05) is 25.4 Å². The Morgan fingerprint density at radius 2 is 2.31 bits per heavy atom. The lowest BCUT2D eigenvalue weighted by Crippen LogP contribution is -2.11. The van der Waals surface area contributed by atoms with Gasteiger partial charge in [0.15, 0.2) is 0 Å². The molecule has 0 saturated carbocycles. The van der Waals surface area contributed by atoms with Crippen LogP contribution in [0.5, 0.6) is 0 Å². The van der Waals surface area contributed by atoms with Crippen LogP contribution in [0.1, 0.15) is 5.69 Å². The molecule has 0 aromatic carbocycles. The zero-order chi connectivity index (χ0) is 11.5. The van der Waals surface area contributed by atoms with Crippen molar-refractivity contribution in [3.05, 3.63) is 36.3 Å². The topological polar surface area (TPSA) is 68.8 Å². The summed E-state index contributed by atoms with van der Waals surface area (Å²) in [5, 5.41) is 7.16. The van der Waals surface area contributed by atoms with Crippen LogP contribution < -0.4 is 11.1 Å². The fourth-order valence-corrected chi connectivity index (χ4v) is 1.39. The van der Waals surface area contributed by atoms with Crippen LogP contribution in [0.3, 0.4) is 0 Å². The van der Waals surface area contributed by atoms with Crippen molar-refractivity contribution >= 4 is 28.7 Å². The predicted octanol–water partition coefficient (Wildman–Crippen LogP) is 1.19. The van der Waals surface area contributed by atoms with Crippen molar-refractivity contribution in [2.45, 2.75) is 0 Å². The molecule has 0 radical (unpaired) electrons. The van der Waals surface area contributed by atoms with Gasteiger partial charge in [-0.25, -0.2) is 4.98 Å². The van der Waals surface area contributed by atoms with Crippen molar-refractivity contribution in [2.24, 2.45) is 12.8 Å². The highest BCUT2D eigenvalue weighted by Gasteiger charge is 2.01. The number of aryl methyl sites for hydroxylation is 1. The molecule has 0 saturated heterocycles. The zero-order valence-electron chi connectivity index (χ0n) is 8.71. The van der Waals surface area contributed by atoms with E-state index in [4.69, 9.17) is 18.0 Å². The number of thiocarbonyl (C=S) groups is 1. The minimum Gasteiger partial charge on any atom is -0.388 e. The highest BCUT2D eigenvalue weighted by molar-refractivity contribution is 7.80. The average molecular weight is 233 g/mol. The van der Waals surface area contributed by atoms with E-state index in [-0.39, 0.29) is 4.99 Å². The number of rotatable bonds is 3. The molecule has 3 N–H and O–H groups in total. The molecule has 0 bridgehead atoms. The molecule has 0 atom stereocenters. The summed E-state index contributed by atoms with van der Waals surface area (Å²) in [5.41, 5.74) is 6.98. The first kappa shape index (κ1) is 10.6. The molecule has 0 spiro atoms. The number of hydrogen-bond acceptors (Lipinski definition) is 4. The lowest BCUT2D eigenvalue weighted by atomic mass is 10.3. The quantitative estimate of drug-likeness (QED) is 0.779. The van der Waals surface area contributed by atoms with Crippen LogP contribution in [0.2, 0.25) is 0 Å². The monoisotopic (exact) mass is 233 g/mol. The normalized spacial score (nSPS) is 10.1. The van der Waals surface area contributed by atoms with Crippen molar-refractivity contribution in [3.63, 3.8) is 0 Å². The number of nitrogens with two attached hydrogens (primary N) is 1. The second-order valence-corrected chi connectivity index (χ2v) is 3.74. The van der Waals surface area contributed by atoms with E-state index in [0.29, 0.717) is 11.5 Å². The van der Waals surface area contributed by atoms with Gasteiger partial charge in [0.1, 0.15) is 10.8 Å². The number of hydrogen-bond donors (Lipinski definition) is 2. The Balaban J connectivity index is 2.21. The fourth-order valence-electron chi connectivity index (χ4n) is 1.28. The first-order valence-corrected chi connectivity index (χ1v) is 5.08. The first-order valence-electron chi connectivity index (χ1n) is 4.67. The molecule has 2 aromatic rings. The van der Waals surface area contributed by atoms with Gasteiger partial charge in [0, 0.05) is 13.2 Å². The van der Waals surface area contributed by atoms with E-state index in [0.717, 1.165) is 5.69 Å². The Bertz CT molecular complexity index is 519. The van der Waals surface area contributed by atoms with Crippen molar-refractivity contribution in [1.82, 2.24) is 14.8 Å². The second-order valence-electron chi connectivity index (χ2n) is 3.30. The van der Waals surface area contributed by atoms with Gasteiger partial charge in [0.05, 0.1) is 17.6 Å². The summed E-state index contributed by atoms with van der Waals surface area (Å²) >= 11 is 4.86. The number of aromatic nitrogens is 3. The molecule has 0 unspecified atom stereocenters. The molecule has 0 aliphatic rings. The molecule has 0 aliphatic heterocycles. The molecule has 2 heterocycles. The van der Waals surface area contributed by atoms with Gasteiger partial charge in [0.25, 0.3) is 0 Å². The molecule has 2 rings (SSSR count). The molecule has 82 valence electrons. The van der Waals surface area contributed by atoms with Crippen molar-refractivity contribution in [3.8, 4) is 0 Å². The Labute approximate surface area is 98.3 Å². The number of nitrogens with zero attached hydrogens (tertiary/aromatic N) is 3. The fraction of sp³-hybridized carbons (Fsp3) is 0.100. The molecule has 5 nitrogen and oxygen atoms in total. The summed E-state index contributed by atoms with van der Waals surface area (Å²) in [7, 11) is 1.85. The van der Waals surface area contributed by atoms with Gasteiger partial charge in [-0.2, -0.15) is 5.10 Å². The highest BCUT2D eigenvalue weighted by atomic mass is 32.1. The third-order valence-electron chi connectivity index (χ3n) is 1.98. The SMILES string of the molecule is Cn1cc(Nc2cccc(C(N)=S)n2)cn1. The summed E-state index contributed by atoms with van der Waals surface area (Å²) in [5.74, 6) is 0.693. The standard InChI is InChI=1S/C10H11N5S/c1-15-6-7(5-12-15)13-9-4-2-3-8(14-9)10(11)16/h2-6H,1H3,(H2,11,16)(H,13,14). The maximum Gasteiger partial charge on any atom is 0.131 e. The van der Waals surface area contributed by atoms with Crippen molar-refractivity contribution in [1.29, 1.82) is 0 Å². The highest BCUT2D eigenvalue weighted by Crippen LogP contribution is 2.13. The lowest BCUT2D eigenvalue weighted by Gasteiger charge is -2.04. The maximum atomic E-state index is 5.50. The van der Waals surface area contributed by atoms with E-state index in [1.54, 1.807) is 16.9 Å². The van der Waals surface area contributed by atoms with Crippen LogP contribution in [0.4, 0.5) is 11.5 Å². The van der Waals surface area contributed by atoms with Gasteiger partial charge in [-0.1, -0.05) is 18.3 Å². The Morgan fingerprint density at radius 1 is 1.50 bits per heavy atom. The summed E-state index contributed by atoms with van der Waals surface area (Å²) < 4.78 is 1.71. The van der Waals surface area contributed by atoms with Gasteiger partial charge in [0.2, 0.25) is 0 Å². The lowest BCUT2D eigenvalue weighted by molar-refractivity contribution is 0.768. The molecule has 0 aliphatic carbocycles. The zero-order valence-corrected chi connectivity index (χ0v) is 9.53. The van der Waals surface area contributed by atoms with E-state index >= 15 is 0 Å². The Kier molecular flexibility index (Phi) is 2.82. The minimum atomic E-state index is 0.287. The first-order chi connectivity index (χ1) is 7.65. The Hall–Kier alpha value is -1.95. The molecular formula is C10H11N5S. The summed E-state index contributed by atoms with van der Waals surface area (Å²) in [6, 6.07) is 5.46. The van der Waals surface area contributed by atoms with E-state index < -0.39 is 0 Å². The van der Waals surface area contributed by atoms with Crippen LogP contribution in [0.25, 0.3) is 0 Å². The van der Waals surface area contributed by atoms with Crippen LogP contribution in [-0.2, 0) is 7.05 Å². The van der Waals surface area contributed by atoms with E-state index in [2.05, 4.69) is 15.4 Å². The van der Waals surface area contributed by atoms with Crippen LogP contribution in [-0.4, -0.2) is 19.8 Å². The van der Waals surface area contributed by atoms with E-state index in [1.165, 1.54) is 0 Å². The molecular weight excluding hydrogens is 222 g/mol. The smallest absolute Gasteiger partial charge is 0.131 e. The Morgan fingerprint density at radius 3 is 2.94 bits per heavy atom. The number of pyridine rings is 1. The number of anilines is 2. The van der Waals surface area contributed by atoms with Gasteiger partial charge in [-0.15, -0.1) is 0 Å². The second kappa shape index (κ2) is 4.28. The van der Waals surface area contributed by atoms with E-state index in [9.17, 15) is 0 Å². The molecule has 0 fully saturated rings. The van der Waals surface area contributed by atoms with Gasteiger partial charge in [-0.05, 0) is 12.1 Å². The minimum absolute atomic E-state index is 0.287. The van der Waals surface area contributed by atoms with Gasteiger partial charge in [-0.3, -0.25) is 4.68 Å². The van der Waals surface area contributed by atoms with Crippen LogP contribution in [0, 0.1) is 0 Å². The molecule has 6 heteroatoms. The van der Waals surface area contributed by atoms with Gasteiger partial charge >= 0.3 is 0 Å². The largest absolute Gasteiger partial charge is 0.388 e. The third kappa shape index (κ3) is 2.34. The van der Waals surface area contributed by atoms with Crippen LogP contribution >= 0.6 is 12.2 Å². The predicted molar refractivity (Wildman–Crippen MR) is 66.6 cm³/mol.